The first-order valence-electron chi connectivity index (χ1n) is 6.08. The van der Waals surface area contributed by atoms with E-state index in [2.05, 4.69) is 13.8 Å². The van der Waals surface area contributed by atoms with Crippen LogP contribution < -0.4 is 10.5 Å². The van der Waals surface area contributed by atoms with Crippen LogP contribution in [-0.2, 0) is 10.0 Å². The Labute approximate surface area is 117 Å². The fraction of sp³-hybridized carbons (Fsp3) is 0.500. The lowest BCUT2D eigenvalue weighted by atomic mass is 10.3. The zero-order valence-corrected chi connectivity index (χ0v) is 12.2. The van der Waals surface area contributed by atoms with Gasteiger partial charge in [-0.2, -0.15) is 21.6 Å². The molecule has 1 aromatic carbocycles. The van der Waals surface area contributed by atoms with Crippen molar-refractivity contribution in [2.24, 2.45) is 0 Å². The van der Waals surface area contributed by atoms with E-state index in [1.807, 2.05) is 0 Å². The highest BCUT2D eigenvalue weighted by molar-refractivity contribution is 7.93. The van der Waals surface area contributed by atoms with Crippen molar-refractivity contribution in [3.63, 3.8) is 0 Å². The Hall–Kier alpha value is -1.44. The Kier molecular flexibility index (Phi) is 7.41. The van der Waals surface area contributed by atoms with Crippen LogP contribution in [0.3, 0.4) is 0 Å². The molecule has 8 heteroatoms. The lowest BCUT2D eigenvalue weighted by Crippen LogP contribution is -2.29. The standard InChI is InChI=1S/C7H7F3N2O2S.C5H12/c8-7(9,10)15(13,14)12-6-3-1-2-5(11)4-6;1-3-5-4-2/h1-4,12H,11H2;3-5H2,1-2H3. The van der Waals surface area contributed by atoms with Crippen molar-refractivity contribution in [1.82, 2.24) is 0 Å². The summed E-state index contributed by atoms with van der Waals surface area (Å²) < 4.78 is 58.5. The molecular weight excluding hydrogens is 293 g/mol. The molecule has 0 aromatic heterocycles. The second-order valence-electron chi connectivity index (χ2n) is 4.03. The molecule has 0 unspecified atom stereocenters. The third-order valence-corrected chi connectivity index (χ3v) is 3.26. The zero-order valence-electron chi connectivity index (χ0n) is 11.4. The highest BCUT2D eigenvalue weighted by Gasteiger charge is 2.45. The van der Waals surface area contributed by atoms with Gasteiger partial charge in [-0.1, -0.05) is 39.2 Å². The number of rotatable bonds is 4. The van der Waals surface area contributed by atoms with Gasteiger partial charge in [0, 0.05) is 5.69 Å². The van der Waals surface area contributed by atoms with Crippen LogP contribution in [-0.4, -0.2) is 13.9 Å². The summed E-state index contributed by atoms with van der Waals surface area (Å²) >= 11 is 0. The summed E-state index contributed by atoms with van der Waals surface area (Å²) in [6.45, 7) is 4.42. The molecule has 0 radical (unpaired) electrons. The number of nitrogens with one attached hydrogen (secondary N) is 1. The fourth-order valence-electron chi connectivity index (χ4n) is 1.17. The number of hydrogen-bond donors (Lipinski definition) is 2. The highest BCUT2D eigenvalue weighted by Crippen LogP contribution is 2.25. The Balaban J connectivity index is 0.000000621. The van der Waals surface area contributed by atoms with Gasteiger partial charge in [0.15, 0.2) is 0 Å². The normalized spacial score (nSPS) is 11.4. The van der Waals surface area contributed by atoms with Gasteiger partial charge in [0.05, 0.1) is 5.69 Å². The van der Waals surface area contributed by atoms with Crippen LogP contribution in [0.5, 0.6) is 0 Å². The van der Waals surface area contributed by atoms with Crippen molar-refractivity contribution in [3.8, 4) is 0 Å². The summed E-state index contributed by atoms with van der Waals surface area (Å²) in [5, 5.41) is 0. The van der Waals surface area contributed by atoms with Gasteiger partial charge in [-0.15, -0.1) is 0 Å². The van der Waals surface area contributed by atoms with Crippen molar-refractivity contribution in [1.29, 1.82) is 0 Å². The molecule has 0 atom stereocenters. The Bertz CT molecular complexity index is 500. The fourth-order valence-corrected chi connectivity index (χ4v) is 1.72. The molecule has 0 aliphatic heterocycles. The number of unbranched alkanes of at least 4 members (excludes halogenated alkanes) is 2. The minimum atomic E-state index is -5.37. The van der Waals surface area contributed by atoms with Crippen molar-refractivity contribution in [2.75, 3.05) is 10.5 Å². The molecule has 1 rings (SSSR count). The summed E-state index contributed by atoms with van der Waals surface area (Å²) in [4.78, 5) is 0. The maximum absolute atomic E-state index is 11.9. The SMILES string of the molecule is CCCCC.Nc1cccc(NS(=O)(=O)C(F)(F)F)c1. The molecule has 20 heavy (non-hydrogen) atoms. The van der Waals surface area contributed by atoms with E-state index in [9.17, 15) is 21.6 Å². The maximum Gasteiger partial charge on any atom is 0.516 e. The predicted octanol–water partition coefficient (Wildman–Crippen LogP) is 3.73. The summed E-state index contributed by atoms with van der Waals surface area (Å²) in [7, 11) is -5.37. The minimum Gasteiger partial charge on any atom is -0.399 e. The average molecular weight is 312 g/mol. The van der Waals surface area contributed by atoms with Gasteiger partial charge in [-0.25, -0.2) is 0 Å². The lowest BCUT2D eigenvalue weighted by molar-refractivity contribution is -0.0429. The molecular formula is C12H19F3N2O2S. The number of nitrogens with two attached hydrogens (primary N) is 1. The van der Waals surface area contributed by atoms with Crippen LogP contribution in [0.1, 0.15) is 33.1 Å². The molecule has 4 nitrogen and oxygen atoms in total. The van der Waals surface area contributed by atoms with Gasteiger partial charge in [-0.3, -0.25) is 4.72 Å². The minimum absolute atomic E-state index is 0.164. The molecule has 0 saturated carbocycles. The van der Waals surface area contributed by atoms with E-state index in [-0.39, 0.29) is 11.4 Å². The van der Waals surface area contributed by atoms with E-state index in [0.717, 1.165) is 6.07 Å². The third-order valence-electron chi connectivity index (χ3n) is 2.15. The Morgan fingerprint density at radius 3 is 2.10 bits per heavy atom. The highest BCUT2D eigenvalue weighted by atomic mass is 32.2. The van der Waals surface area contributed by atoms with Gasteiger partial charge in [0.2, 0.25) is 0 Å². The third kappa shape index (κ3) is 6.65. The van der Waals surface area contributed by atoms with E-state index >= 15 is 0 Å². The number of alkyl halides is 3. The molecule has 3 N–H and O–H groups in total. The van der Waals surface area contributed by atoms with Crippen LogP contribution in [0, 0.1) is 0 Å². The summed E-state index contributed by atoms with van der Waals surface area (Å²) in [6, 6.07) is 5.01. The van der Waals surface area contributed by atoms with Crippen LogP contribution in [0.2, 0.25) is 0 Å². The van der Waals surface area contributed by atoms with E-state index < -0.39 is 15.5 Å². The molecule has 0 spiro atoms. The predicted molar refractivity (Wildman–Crippen MR) is 74.7 cm³/mol. The number of hydrogen-bond acceptors (Lipinski definition) is 3. The second kappa shape index (κ2) is 7.98. The molecule has 0 bridgehead atoms. The van der Waals surface area contributed by atoms with Crippen LogP contribution in [0.25, 0.3) is 0 Å². The second-order valence-corrected chi connectivity index (χ2v) is 5.70. The molecule has 0 fully saturated rings. The first kappa shape index (κ1) is 18.6. The molecule has 0 aliphatic rings. The Morgan fingerprint density at radius 2 is 1.75 bits per heavy atom. The van der Waals surface area contributed by atoms with Gasteiger partial charge >= 0.3 is 15.5 Å². The average Bonchev–Trinajstić information content (AvgIpc) is 2.28. The summed E-state index contributed by atoms with van der Waals surface area (Å²) in [6.07, 6.45) is 4.08. The first-order chi connectivity index (χ1) is 9.14. The molecule has 0 aliphatic carbocycles. The largest absolute Gasteiger partial charge is 0.516 e. The zero-order chi connectivity index (χ0) is 15.8. The number of anilines is 2. The number of sulfonamides is 1. The summed E-state index contributed by atoms with van der Waals surface area (Å²) in [5.41, 5.74) is -0.130. The van der Waals surface area contributed by atoms with Crippen molar-refractivity contribution in [3.05, 3.63) is 24.3 Å². The van der Waals surface area contributed by atoms with Gasteiger partial charge in [0.1, 0.15) is 0 Å². The van der Waals surface area contributed by atoms with E-state index in [1.54, 1.807) is 0 Å². The van der Waals surface area contributed by atoms with Gasteiger partial charge in [-0.05, 0) is 18.2 Å². The molecule has 0 saturated heterocycles. The Morgan fingerprint density at radius 1 is 1.20 bits per heavy atom. The number of halogens is 3. The van der Waals surface area contributed by atoms with Crippen LogP contribution in [0.15, 0.2) is 24.3 Å². The van der Waals surface area contributed by atoms with E-state index in [4.69, 9.17) is 5.73 Å². The van der Waals surface area contributed by atoms with E-state index in [1.165, 1.54) is 42.2 Å². The van der Waals surface area contributed by atoms with Gasteiger partial charge < -0.3 is 5.73 Å². The number of nitrogen functional groups attached to an aromatic ring is 1. The van der Waals surface area contributed by atoms with Gasteiger partial charge in [0.25, 0.3) is 0 Å². The maximum atomic E-state index is 11.9. The van der Waals surface area contributed by atoms with Crippen molar-refractivity contribution < 1.29 is 21.6 Å². The van der Waals surface area contributed by atoms with E-state index in [0.29, 0.717) is 0 Å². The lowest BCUT2D eigenvalue weighted by Gasteiger charge is -2.10. The smallest absolute Gasteiger partial charge is 0.399 e. The van der Waals surface area contributed by atoms with Crippen LogP contribution >= 0.6 is 0 Å². The monoisotopic (exact) mass is 312 g/mol. The molecule has 0 heterocycles. The molecule has 0 amide bonds. The quantitative estimate of drug-likeness (QED) is 0.832. The number of benzene rings is 1. The first-order valence-corrected chi connectivity index (χ1v) is 7.57. The molecule has 1 aromatic rings. The topological polar surface area (TPSA) is 72.2 Å². The van der Waals surface area contributed by atoms with Crippen molar-refractivity contribution in [2.45, 2.75) is 38.6 Å². The van der Waals surface area contributed by atoms with Crippen molar-refractivity contribution >= 4 is 21.4 Å². The summed E-state index contributed by atoms with van der Waals surface area (Å²) in [5.74, 6) is 0. The van der Waals surface area contributed by atoms with Crippen LogP contribution in [0.4, 0.5) is 24.5 Å². The molecule has 116 valence electrons.